The lowest BCUT2D eigenvalue weighted by Crippen LogP contribution is -2.19. The molecule has 0 radical (unpaired) electrons. The first-order chi connectivity index (χ1) is 8.18. The lowest BCUT2D eigenvalue weighted by molar-refractivity contribution is 0.125. The second-order valence-corrected chi connectivity index (χ2v) is 4.64. The molecule has 0 heterocycles. The minimum absolute atomic E-state index is 0.311. The van der Waals surface area contributed by atoms with Gasteiger partial charge in [-0.2, -0.15) is 0 Å². The zero-order valence-electron chi connectivity index (χ0n) is 10.8. The van der Waals surface area contributed by atoms with E-state index in [4.69, 9.17) is 9.84 Å². The summed E-state index contributed by atoms with van der Waals surface area (Å²) in [7, 11) is 0. The highest BCUT2D eigenvalue weighted by Gasteiger charge is 1.95. The molecule has 0 atom stereocenters. The Kier molecular flexibility index (Phi) is 6.67. The third-order valence-electron chi connectivity index (χ3n) is 2.53. The van der Waals surface area contributed by atoms with Crippen molar-refractivity contribution in [3.63, 3.8) is 0 Å². The van der Waals surface area contributed by atoms with Crippen LogP contribution in [-0.4, -0.2) is 24.9 Å². The number of rotatable bonds is 8. The number of phenols is 1. The molecule has 17 heavy (non-hydrogen) atoms. The molecule has 0 aliphatic carbocycles. The predicted molar refractivity (Wildman–Crippen MR) is 70.1 cm³/mol. The topological polar surface area (TPSA) is 41.5 Å². The monoisotopic (exact) mass is 237 g/mol. The first kappa shape index (κ1) is 14.0. The first-order valence-electron chi connectivity index (χ1n) is 6.25. The molecular weight excluding hydrogens is 214 g/mol. The Bertz CT molecular complexity index is 296. The molecule has 0 saturated carbocycles. The van der Waals surface area contributed by atoms with Crippen molar-refractivity contribution in [3.8, 4) is 5.75 Å². The summed E-state index contributed by atoms with van der Waals surface area (Å²) < 4.78 is 5.50. The van der Waals surface area contributed by atoms with Gasteiger partial charge in [0.25, 0.3) is 0 Å². The molecule has 0 aromatic heterocycles. The molecule has 0 aliphatic heterocycles. The van der Waals surface area contributed by atoms with E-state index in [2.05, 4.69) is 19.2 Å². The summed E-state index contributed by atoms with van der Waals surface area (Å²) in [4.78, 5) is 0. The van der Waals surface area contributed by atoms with Crippen LogP contribution in [-0.2, 0) is 11.3 Å². The number of benzene rings is 1. The lowest BCUT2D eigenvalue weighted by Gasteiger charge is -2.07. The first-order valence-corrected chi connectivity index (χ1v) is 6.25. The van der Waals surface area contributed by atoms with Crippen molar-refractivity contribution in [2.75, 3.05) is 19.8 Å². The van der Waals surface area contributed by atoms with Crippen molar-refractivity contribution in [1.29, 1.82) is 0 Å². The van der Waals surface area contributed by atoms with E-state index in [9.17, 15) is 0 Å². The largest absolute Gasteiger partial charge is 0.508 e. The summed E-state index contributed by atoms with van der Waals surface area (Å²) in [5, 5.41) is 12.4. The minimum Gasteiger partial charge on any atom is -0.508 e. The van der Waals surface area contributed by atoms with Crippen molar-refractivity contribution < 1.29 is 9.84 Å². The third kappa shape index (κ3) is 6.97. The highest BCUT2D eigenvalue weighted by molar-refractivity contribution is 5.25. The van der Waals surface area contributed by atoms with Crippen LogP contribution in [0, 0.1) is 5.92 Å². The van der Waals surface area contributed by atoms with Gasteiger partial charge in [0.2, 0.25) is 0 Å². The molecule has 0 bridgehead atoms. The van der Waals surface area contributed by atoms with E-state index in [0.29, 0.717) is 11.7 Å². The number of hydrogen-bond donors (Lipinski definition) is 2. The Balaban J connectivity index is 1.99. The highest BCUT2D eigenvalue weighted by Crippen LogP contribution is 2.08. The quantitative estimate of drug-likeness (QED) is 0.683. The van der Waals surface area contributed by atoms with Gasteiger partial charge in [-0.1, -0.05) is 26.0 Å². The fourth-order valence-corrected chi connectivity index (χ4v) is 1.41. The molecule has 1 aromatic carbocycles. The van der Waals surface area contributed by atoms with Gasteiger partial charge in [0.05, 0.1) is 6.61 Å². The average Bonchev–Trinajstić information content (AvgIpc) is 2.30. The van der Waals surface area contributed by atoms with Crippen LogP contribution in [0.1, 0.15) is 25.8 Å². The molecule has 1 aromatic rings. The van der Waals surface area contributed by atoms with Gasteiger partial charge in [0.15, 0.2) is 0 Å². The van der Waals surface area contributed by atoms with Gasteiger partial charge in [0, 0.05) is 19.7 Å². The molecule has 0 saturated heterocycles. The van der Waals surface area contributed by atoms with E-state index < -0.39 is 0 Å². The van der Waals surface area contributed by atoms with Gasteiger partial charge in [-0.25, -0.2) is 0 Å². The average molecular weight is 237 g/mol. The van der Waals surface area contributed by atoms with Crippen LogP contribution in [0.4, 0.5) is 0 Å². The number of aromatic hydroxyl groups is 1. The summed E-state index contributed by atoms with van der Waals surface area (Å²) in [6, 6.07) is 7.25. The van der Waals surface area contributed by atoms with Gasteiger partial charge in [-0.15, -0.1) is 0 Å². The van der Waals surface area contributed by atoms with E-state index in [1.165, 1.54) is 5.56 Å². The SMILES string of the molecule is CC(C)CCOCCNCc1ccc(O)cc1. The Morgan fingerprint density at radius 1 is 1.18 bits per heavy atom. The number of hydrogen-bond acceptors (Lipinski definition) is 3. The van der Waals surface area contributed by atoms with Crippen LogP contribution in [0.3, 0.4) is 0 Å². The zero-order valence-corrected chi connectivity index (χ0v) is 10.8. The van der Waals surface area contributed by atoms with Crippen LogP contribution in [0.2, 0.25) is 0 Å². The molecule has 0 aliphatic rings. The normalized spacial score (nSPS) is 11.0. The minimum atomic E-state index is 0.311. The lowest BCUT2D eigenvalue weighted by atomic mass is 10.1. The van der Waals surface area contributed by atoms with Crippen LogP contribution in [0.15, 0.2) is 24.3 Å². The second-order valence-electron chi connectivity index (χ2n) is 4.64. The number of phenolic OH excluding ortho intramolecular Hbond substituents is 1. The van der Waals surface area contributed by atoms with Gasteiger partial charge >= 0.3 is 0 Å². The maximum atomic E-state index is 9.13. The molecule has 2 N–H and O–H groups in total. The zero-order chi connectivity index (χ0) is 12.5. The Morgan fingerprint density at radius 3 is 2.53 bits per heavy atom. The molecule has 0 unspecified atom stereocenters. The molecule has 0 spiro atoms. The number of ether oxygens (including phenoxy) is 1. The van der Waals surface area contributed by atoms with Crippen LogP contribution >= 0.6 is 0 Å². The fraction of sp³-hybridized carbons (Fsp3) is 0.571. The number of nitrogens with one attached hydrogen (secondary N) is 1. The second kappa shape index (κ2) is 8.09. The Labute approximate surface area is 104 Å². The smallest absolute Gasteiger partial charge is 0.115 e. The van der Waals surface area contributed by atoms with E-state index in [1.807, 2.05) is 12.1 Å². The van der Waals surface area contributed by atoms with Crippen molar-refractivity contribution in [2.45, 2.75) is 26.8 Å². The fourth-order valence-electron chi connectivity index (χ4n) is 1.41. The molecule has 3 heteroatoms. The highest BCUT2D eigenvalue weighted by atomic mass is 16.5. The van der Waals surface area contributed by atoms with E-state index in [0.717, 1.165) is 32.7 Å². The van der Waals surface area contributed by atoms with Crippen LogP contribution in [0.25, 0.3) is 0 Å². The summed E-state index contributed by atoms with van der Waals surface area (Å²) >= 11 is 0. The molecule has 96 valence electrons. The summed E-state index contributed by atoms with van der Waals surface area (Å²) in [5.41, 5.74) is 1.17. The van der Waals surface area contributed by atoms with Gasteiger partial charge in [-0.05, 0) is 30.0 Å². The predicted octanol–water partition coefficient (Wildman–Crippen LogP) is 2.54. The van der Waals surface area contributed by atoms with Gasteiger partial charge < -0.3 is 15.2 Å². The van der Waals surface area contributed by atoms with Crippen LogP contribution in [0.5, 0.6) is 5.75 Å². The van der Waals surface area contributed by atoms with E-state index in [1.54, 1.807) is 12.1 Å². The molecule has 0 amide bonds. The van der Waals surface area contributed by atoms with Crippen molar-refractivity contribution >= 4 is 0 Å². The summed E-state index contributed by atoms with van der Waals surface area (Å²) in [6.45, 7) is 7.68. The van der Waals surface area contributed by atoms with Crippen molar-refractivity contribution in [2.24, 2.45) is 5.92 Å². The standard InChI is InChI=1S/C14H23NO2/c1-12(2)7-9-17-10-8-15-11-13-3-5-14(16)6-4-13/h3-6,12,15-16H,7-11H2,1-2H3. The third-order valence-corrected chi connectivity index (χ3v) is 2.53. The maximum absolute atomic E-state index is 9.13. The van der Waals surface area contributed by atoms with E-state index >= 15 is 0 Å². The van der Waals surface area contributed by atoms with Crippen molar-refractivity contribution in [3.05, 3.63) is 29.8 Å². The molecule has 0 fully saturated rings. The van der Waals surface area contributed by atoms with Crippen molar-refractivity contribution in [1.82, 2.24) is 5.32 Å². The Morgan fingerprint density at radius 2 is 1.88 bits per heavy atom. The Hall–Kier alpha value is -1.06. The molecular formula is C14H23NO2. The summed E-state index contributed by atoms with van der Waals surface area (Å²) in [6.07, 6.45) is 1.12. The molecule has 3 nitrogen and oxygen atoms in total. The molecule has 1 rings (SSSR count). The van der Waals surface area contributed by atoms with E-state index in [-0.39, 0.29) is 0 Å². The van der Waals surface area contributed by atoms with Crippen LogP contribution < -0.4 is 5.32 Å². The van der Waals surface area contributed by atoms with Gasteiger partial charge in [0.1, 0.15) is 5.75 Å². The van der Waals surface area contributed by atoms with Gasteiger partial charge in [-0.3, -0.25) is 0 Å². The maximum Gasteiger partial charge on any atom is 0.115 e. The summed E-state index contributed by atoms with van der Waals surface area (Å²) in [5.74, 6) is 1.02.